The second-order valence-electron chi connectivity index (χ2n) is 5.09. The Hall–Kier alpha value is -1.43. The van der Waals surface area contributed by atoms with Crippen LogP contribution in [0.1, 0.15) is 25.3 Å². The van der Waals surface area contributed by atoms with Crippen LogP contribution >= 0.6 is 0 Å². The van der Waals surface area contributed by atoms with Gasteiger partial charge in [0.25, 0.3) is 0 Å². The Morgan fingerprint density at radius 3 is 3.00 bits per heavy atom. The molecule has 1 unspecified atom stereocenters. The number of benzene rings is 1. The van der Waals surface area contributed by atoms with Crippen LogP contribution in [0.2, 0.25) is 0 Å². The van der Waals surface area contributed by atoms with Crippen LogP contribution in [0.25, 0.3) is 0 Å². The van der Waals surface area contributed by atoms with Gasteiger partial charge in [0.15, 0.2) is 0 Å². The molecule has 1 saturated heterocycles. The zero-order valence-electron chi connectivity index (χ0n) is 12.6. The van der Waals surface area contributed by atoms with Gasteiger partial charge in [-0.05, 0) is 44.0 Å². The molecule has 1 heterocycles. The summed E-state index contributed by atoms with van der Waals surface area (Å²) in [5, 5.41) is 6.15. The smallest absolute Gasteiger partial charge is 0.241 e. The molecular weight excluding hydrogens is 268 g/mol. The predicted octanol–water partition coefficient (Wildman–Crippen LogP) is 1.93. The quantitative estimate of drug-likeness (QED) is 0.719. The van der Waals surface area contributed by atoms with Gasteiger partial charge in [0.2, 0.25) is 5.91 Å². The summed E-state index contributed by atoms with van der Waals surface area (Å²) in [5.41, 5.74) is 1.86. The molecule has 5 heteroatoms. The van der Waals surface area contributed by atoms with Crippen molar-refractivity contribution >= 4 is 11.6 Å². The molecule has 0 radical (unpaired) electrons. The summed E-state index contributed by atoms with van der Waals surface area (Å²) in [6, 6.07) is 7.71. The number of carbonyl (C=O) groups excluding carboxylic acids is 1. The van der Waals surface area contributed by atoms with Crippen molar-refractivity contribution in [2.75, 3.05) is 31.7 Å². The van der Waals surface area contributed by atoms with Crippen LogP contribution in [-0.4, -0.2) is 38.3 Å². The van der Waals surface area contributed by atoms with Gasteiger partial charge in [-0.1, -0.05) is 12.1 Å². The van der Waals surface area contributed by atoms with E-state index in [1.54, 1.807) is 0 Å². The maximum Gasteiger partial charge on any atom is 0.241 e. The van der Waals surface area contributed by atoms with Gasteiger partial charge in [0.1, 0.15) is 0 Å². The van der Waals surface area contributed by atoms with E-state index in [4.69, 9.17) is 9.47 Å². The summed E-state index contributed by atoms with van der Waals surface area (Å²) in [6.45, 7) is 5.31. The van der Waals surface area contributed by atoms with Crippen molar-refractivity contribution in [3.63, 3.8) is 0 Å². The highest BCUT2D eigenvalue weighted by Gasteiger charge is 2.21. The summed E-state index contributed by atoms with van der Waals surface area (Å²) in [5.74, 6) is 0.0434. The molecule has 0 aromatic heterocycles. The van der Waals surface area contributed by atoms with Crippen molar-refractivity contribution in [3.8, 4) is 0 Å². The maximum absolute atomic E-state index is 12.0. The van der Waals surface area contributed by atoms with Gasteiger partial charge < -0.3 is 20.1 Å². The number of anilines is 1. The van der Waals surface area contributed by atoms with E-state index in [1.807, 2.05) is 31.2 Å². The van der Waals surface area contributed by atoms with E-state index in [2.05, 4.69) is 10.6 Å². The van der Waals surface area contributed by atoms with Gasteiger partial charge in [0.05, 0.1) is 25.9 Å². The van der Waals surface area contributed by atoms with Gasteiger partial charge in [0, 0.05) is 12.3 Å². The van der Waals surface area contributed by atoms with Crippen molar-refractivity contribution in [2.45, 2.75) is 32.4 Å². The maximum atomic E-state index is 12.0. The van der Waals surface area contributed by atoms with Gasteiger partial charge in [-0.3, -0.25) is 4.79 Å². The molecule has 0 saturated carbocycles. The summed E-state index contributed by atoms with van der Waals surface area (Å²) in [7, 11) is 0. The number of ether oxygens (including phenoxy) is 2. The number of rotatable bonds is 8. The van der Waals surface area contributed by atoms with Crippen LogP contribution in [0.3, 0.4) is 0 Å². The van der Waals surface area contributed by atoms with Gasteiger partial charge in [-0.25, -0.2) is 0 Å². The minimum Gasteiger partial charge on any atom is -0.379 e. The third-order valence-corrected chi connectivity index (χ3v) is 3.42. The van der Waals surface area contributed by atoms with Crippen LogP contribution in [0.5, 0.6) is 0 Å². The molecule has 0 bridgehead atoms. The Labute approximate surface area is 126 Å². The average molecular weight is 292 g/mol. The van der Waals surface area contributed by atoms with Crippen molar-refractivity contribution in [1.29, 1.82) is 0 Å². The molecule has 1 aliphatic heterocycles. The largest absolute Gasteiger partial charge is 0.379 e. The SMILES string of the molecule is CCOCCOCc1cccc(NC(=O)C2CCCN2)c1. The highest BCUT2D eigenvalue weighted by atomic mass is 16.5. The molecule has 0 spiro atoms. The second kappa shape index (κ2) is 8.77. The molecule has 0 aliphatic carbocycles. The first-order valence-corrected chi connectivity index (χ1v) is 7.58. The molecule has 21 heavy (non-hydrogen) atoms. The summed E-state index contributed by atoms with van der Waals surface area (Å²) in [4.78, 5) is 12.0. The highest BCUT2D eigenvalue weighted by molar-refractivity contribution is 5.95. The molecule has 1 amide bonds. The summed E-state index contributed by atoms with van der Waals surface area (Å²) in [6.07, 6.45) is 1.97. The Balaban J connectivity index is 1.78. The Bertz CT molecular complexity index is 445. The lowest BCUT2D eigenvalue weighted by Crippen LogP contribution is -2.35. The Kier molecular flexibility index (Phi) is 6.66. The first-order valence-electron chi connectivity index (χ1n) is 7.58. The zero-order chi connectivity index (χ0) is 14.9. The Morgan fingerprint density at radius 1 is 1.38 bits per heavy atom. The van der Waals surface area contributed by atoms with Crippen LogP contribution in [0, 0.1) is 0 Å². The molecule has 1 aromatic rings. The molecule has 2 rings (SSSR count). The lowest BCUT2D eigenvalue weighted by molar-refractivity contribution is -0.117. The van der Waals surface area contributed by atoms with E-state index < -0.39 is 0 Å². The van der Waals surface area contributed by atoms with E-state index in [-0.39, 0.29) is 11.9 Å². The van der Waals surface area contributed by atoms with E-state index in [1.165, 1.54) is 0 Å². The Morgan fingerprint density at radius 2 is 2.24 bits per heavy atom. The molecular formula is C16H24N2O3. The molecule has 116 valence electrons. The normalized spacial score (nSPS) is 17.9. The topological polar surface area (TPSA) is 59.6 Å². The molecule has 1 aromatic carbocycles. The van der Waals surface area contributed by atoms with Gasteiger partial charge in [-0.15, -0.1) is 0 Å². The standard InChI is InChI=1S/C16H24N2O3/c1-2-20-9-10-21-12-13-5-3-6-14(11-13)18-16(19)15-7-4-8-17-15/h3,5-6,11,15,17H,2,4,7-10,12H2,1H3,(H,18,19). The lowest BCUT2D eigenvalue weighted by atomic mass is 10.2. The fraction of sp³-hybridized carbons (Fsp3) is 0.562. The zero-order valence-corrected chi connectivity index (χ0v) is 12.6. The van der Waals surface area contributed by atoms with Crippen molar-refractivity contribution in [2.24, 2.45) is 0 Å². The van der Waals surface area contributed by atoms with Crippen LogP contribution in [0.15, 0.2) is 24.3 Å². The van der Waals surface area contributed by atoms with Gasteiger partial charge in [-0.2, -0.15) is 0 Å². The number of nitrogens with one attached hydrogen (secondary N) is 2. The first kappa shape index (κ1) is 15.9. The average Bonchev–Trinajstić information content (AvgIpc) is 3.02. The summed E-state index contributed by atoms with van der Waals surface area (Å²) >= 11 is 0. The third kappa shape index (κ3) is 5.46. The fourth-order valence-electron chi connectivity index (χ4n) is 2.33. The number of hydrogen-bond acceptors (Lipinski definition) is 4. The lowest BCUT2D eigenvalue weighted by Gasteiger charge is -2.12. The molecule has 1 atom stereocenters. The minimum absolute atomic E-state index is 0.0434. The molecule has 2 N–H and O–H groups in total. The number of amides is 1. The molecule has 5 nitrogen and oxygen atoms in total. The third-order valence-electron chi connectivity index (χ3n) is 3.42. The van der Waals surface area contributed by atoms with E-state index in [0.29, 0.717) is 26.4 Å². The van der Waals surface area contributed by atoms with Crippen LogP contribution in [0.4, 0.5) is 5.69 Å². The van der Waals surface area contributed by atoms with E-state index in [9.17, 15) is 4.79 Å². The van der Waals surface area contributed by atoms with Crippen molar-refractivity contribution in [3.05, 3.63) is 29.8 Å². The monoisotopic (exact) mass is 292 g/mol. The van der Waals surface area contributed by atoms with Gasteiger partial charge >= 0.3 is 0 Å². The van der Waals surface area contributed by atoms with Crippen LogP contribution in [-0.2, 0) is 20.9 Å². The van der Waals surface area contributed by atoms with Crippen molar-refractivity contribution in [1.82, 2.24) is 5.32 Å². The second-order valence-corrected chi connectivity index (χ2v) is 5.09. The van der Waals surface area contributed by atoms with Crippen LogP contribution < -0.4 is 10.6 Å². The highest BCUT2D eigenvalue weighted by Crippen LogP contribution is 2.14. The summed E-state index contributed by atoms with van der Waals surface area (Å²) < 4.78 is 10.7. The van der Waals surface area contributed by atoms with Crippen molar-refractivity contribution < 1.29 is 14.3 Å². The first-order chi connectivity index (χ1) is 10.3. The molecule has 1 fully saturated rings. The van der Waals surface area contributed by atoms with E-state index >= 15 is 0 Å². The molecule has 1 aliphatic rings. The fourth-order valence-corrected chi connectivity index (χ4v) is 2.33. The van der Waals surface area contributed by atoms with E-state index in [0.717, 1.165) is 30.6 Å². The predicted molar refractivity (Wildman–Crippen MR) is 82.2 cm³/mol. The number of hydrogen-bond donors (Lipinski definition) is 2. The number of carbonyl (C=O) groups is 1. The minimum atomic E-state index is -0.0592.